The second kappa shape index (κ2) is 5.83. The van der Waals surface area contributed by atoms with Crippen LogP contribution in [0.4, 0.5) is 0 Å². The van der Waals surface area contributed by atoms with Gasteiger partial charge in [0.2, 0.25) is 0 Å². The van der Waals surface area contributed by atoms with Crippen LogP contribution in [0.5, 0.6) is 0 Å². The summed E-state index contributed by atoms with van der Waals surface area (Å²) in [5.41, 5.74) is 1.28. The lowest BCUT2D eigenvalue weighted by Crippen LogP contribution is -2.29. The second-order valence-corrected chi connectivity index (χ2v) is 5.09. The number of aliphatic hydroxyl groups excluding tert-OH is 1. The lowest BCUT2D eigenvalue weighted by atomic mass is 9.87. The van der Waals surface area contributed by atoms with Crippen LogP contribution in [0.25, 0.3) is 0 Å². The van der Waals surface area contributed by atoms with Gasteiger partial charge in [-0.2, -0.15) is 0 Å². The first-order chi connectivity index (χ1) is 7.83. The molecule has 1 aliphatic carbocycles. The molecular weight excluding hydrogens is 200 g/mol. The van der Waals surface area contributed by atoms with Crippen molar-refractivity contribution in [3.05, 3.63) is 11.6 Å². The quantitative estimate of drug-likeness (QED) is 0.747. The predicted molar refractivity (Wildman–Crippen MR) is 65.3 cm³/mol. The van der Waals surface area contributed by atoms with Gasteiger partial charge in [-0.1, -0.05) is 19.4 Å². The van der Waals surface area contributed by atoms with E-state index in [4.69, 9.17) is 4.74 Å². The summed E-state index contributed by atoms with van der Waals surface area (Å²) in [6, 6.07) is 0. The summed E-state index contributed by atoms with van der Waals surface area (Å²) in [5, 5.41) is 10.5. The maximum atomic E-state index is 10.5. The zero-order valence-corrected chi connectivity index (χ0v) is 10.3. The van der Waals surface area contributed by atoms with Crippen molar-refractivity contribution in [2.24, 2.45) is 5.92 Å². The largest absolute Gasteiger partial charge is 0.388 e. The molecule has 0 saturated carbocycles. The molecule has 0 amide bonds. The number of aliphatic hydroxyl groups is 1. The van der Waals surface area contributed by atoms with Crippen LogP contribution >= 0.6 is 0 Å². The third kappa shape index (κ3) is 2.67. The zero-order valence-electron chi connectivity index (χ0n) is 10.3. The highest BCUT2D eigenvalue weighted by Crippen LogP contribution is 2.32. The normalized spacial score (nSPS) is 33.2. The Labute approximate surface area is 98.7 Å². The average molecular weight is 224 g/mol. The topological polar surface area (TPSA) is 29.5 Å². The predicted octanol–water partition coefficient (Wildman–Crippen LogP) is 3.05. The molecule has 1 heterocycles. The molecule has 16 heavy (non-hydrogen) atoms. The molecule has 0 spiro atoms. The van der Waals surface area contributed by atoms with Crippen LogP contribution in [0, 0.1) is 5.92 Å². The molecular formula is C14H24O2. The maximum Gasteiger partial charge on any atom is 0.0803 e. The molecule has 2 aliphatic rings. The van der Waals surface area contributed by atoms with E-state index in [-0.39, 0.29) is 12.2 Å². The van der Waals surface area contributed by atoms with Gasteiger partial charge in [0.05, 0.1) is 12.2 Å². The highest BCUT2D eigenvalue weighted by Gasteiger charge is 2.34. The van der Waals surface area contributed by atoms with Gasteiger partial charge in [0, 0.05) is 12.5 Å². The van der Waals surface area contributed by atoms with Crippen molar-refractivity contribution >= 4 is 0 Å². The standard InChI is InChI=1S/C14H24O2/c1-2-13-12(9-10-16-13)14(15)11-7-5-3-4-6-8-11/h7,12-15H,2-6,8-10H2,1H3. The van der Waals surface area contributed by atoms with E-state index >= 15 is 0 Å². The summed E-state index contributed by atoms with van der Waals surface area (Å²) >= 11 is 0. The van der Waals surface area contributed by atoms with Crippen molar-refractivity contribution in [2.45, 2.75) is 64.1 Å². The van der Waals surface area contributed by atoms with Gasteiger partial charge in [-0.05, 0) is 44.1 Å². The van der Waals surface area contributed by atoms with Crippen molar-refractivity contribution < 1.29 is 9.84 Å². The zero-order chi connectivity index (χ0) is 11.4. The number of hydrogen-bond donors (Lipinski definition) is 1. The molecule has 1 aliphatic heterocycles. The van der Waals surface area contributed by atoms with E-state index < -0.39 is 0 Å². The summed E-state index contributed by atoms with van der Waals surface area (Å²) in [6.07, 6.45) is 10.4. The monoisotopic (exact) mass is 224 g/mol. The van der Waals surface area contributed by atoms with Crippen molar-refractivity contribution in [2.75, 3.05) is 6.61 Å². The number of hydrogen-bond acceptors (Lipinski definition) is 2. The Hall–Kier alpha value is -0.340. The Bertz CT molecular complexity index is 247. The molecule has 1 fully saturated rings. The summed E-state index contributed by atoms with van der Waals surface area (Å²) in [6.45, 7) is 2.98. The van der Waals surface area contributed by atoms with Gasteiger partial charge in [-0.25, -0.2) is 0 Å². The fourth-order valence-electron chi connectivity index (χ4n) is 3.03. The first-order valence-corrected chi connectivity index (χ1v) is 6.81. The third-order valence-electron chi connectivity index (χ3n) is 4.02. The Kier molecular flexibility index (Phi) is 4.42. The molecule has 1 N–H and O–H groups in total. The van der Waals surface area contributed by atoms with Gasteiger partial charge >= 0.3 is 0 Å². The smallest absolute Gasteiger partial charge is 0.0803 e. The van der Waals surface area contributed by atoms with E-state index in [0.717, 1.165) is 32.3 Å². The molecule has 3 atom stereocenters. The first-order valence-electron chi connectivity index (χ1n) is 6.81. The molecule has 3 unspecified atom stereocenters. The summed E-state index contributed by atoms with van der Waals surface area (Å²) in [7, 11) is 0. The molecule has 2 rings (SSSR count). The van der Waals surface area contributed by atoms with Crippen LogP contribution in [-0.2, 0) is 4.74 Å². The van der Waals surface area contributed by atoms with Gasteiger partial charge in [0.15, 0.2) is 0 Å². The van der Waals surface area contributed by atoms with E-state index in [1.807, 2.05) is 0 Å². The molecule has 0 radical (unpaired) electrons. The molecule has 2 heteroatoms. The van der Waals surface area contributed by atoms with Crippen LogP contribution in [0.1, 0.15) is 51.9 Å². The Morgan fingerprint density at radius 3 is 3.12 bits per heavy atom. The number of ether oxygens (including phenoxy) is 1. The fraction of sp³-hybridized carbons (Fsp3) is 0.857. The molecule has 0 bridgehead atoms. The number of rotatable bonds is 3. The Balaban J connectivity index is 1.99. The van der Waals surface area contributed by atoms with Crippen molar-refractivity contribution in [1.82, 2.24) is 0 Å². The summed E-state index contributed by atoms with van der Waals surface area (Å²) < 4.78 is 5.67. The second-order valence-electron chi connectivity index (χ2n) is 5.09. The minimum atomic E-state index is -0.245. The molecule has 92 valence electrons. The average Bonchev–Trinajstić information content (AvgIpc) is 2.61. The van der Waals surface area contributed by atoms with Crippen molar-refractivity contribution in [3.63, 3.8) is 0 Å². The van der Waals surface area contributed by atoms with Crippen molar-refractivity contribution in [1.29, 1.82) is 0 Å². The first kappa shape index (κ1) is 12.1. The Morgan fingerprint density at radius 2 is 2.31 bits per heavy atom. The van der Waals surface area contributed by atoms with Crippen molar-refractivity contribution in [3.8, 4) is 0 Å². The minimum absolute atomic E-state index is 0.245. The van der Waals surface area contributed by atoms with Gasteiger partial charge in [0.1, 0.15) is 0 Å². The highest BCUT2D eigenvalue weighted by atomic mass is 16.5. The lowest BCUT2D eigenvalue weighted by Gasteiger charge is -2.24. The third-order valence-corrected chi connectivity index (χ3v) is 4.02. The summed E-state index contributed by atoms with van der Waals surface area (Å²) in [5.74, 6) is 0.342. The van der Waals surface area contributed by atoms with Crippen LogP contribution < -0.4 is 0 Å². The van der Waals surface area contributed by atoms with Crippen LogP contribution in [-0.4, -0.2) is 23.9 Å². The lowest BCUT2D eigenvalue weighted by molar-refractivity contribution is 0.0443. The fourth-order valence-corrected chi connectivity index (χ4v) is 3.03. The van der Waals surface area contributed by atoms with E-state index in [1.54, 1.807) is 0 Å². The van der Waals surface area contributed by atoms with E-state index in [9.17, 15) is 5.11 Å². The molecule has 0 aromatic rings. The van der Waals surface area contributed by atoms with Crippen LogP contribution in [0.3, 0.4) is 0 Å². The molecule has 1 saturated heterocycles. The maximum absolute atomic E-state index is 10.5. The van der Waals surface area contributed by atoms with Gasteiger partial charge in [-0.3, -0.25) is 0 Å². The molecule has 0 aromatic heterocycles. The van der Waals surface area contributed by atoms with Gasteiger partial charge in [-0.15, -0.1) is 0 Å². The molecule has 0 aromatic carbocycles. The summed E-state index contributed by atoms with van der Waals surface area (Å²) in [4.78, 5) is 0. The van der Waals surface area contributed by atoms with Crippen LogP contribution in [0.2, 0.25) is 0 Å². The minimum Gasteiger partial charge on any atom is -0.388 e. The molecule has 2 nitrogen and oxygen atoms in total. The number of allylic oxidation sites excluding steroid dienone is 1. The highest BCUT2D eigenvalue weighted by molar-refractivity contribution is 5.12. The van der Waals surface area contributed by atoms with E-state index in [2.05, 4.69) is 13.0 Å². The van der Waals surface area contributed by atoms with E-state index in [1.165, 1.54) is 24.8 Å². The van der Waals surface area contributed by atoms with E-state index in [0.29, 0.717) is 5.92 Å². The van der Waals surface area contributed by atoms with Gasteiger partial charge < -0.3 is 9.84 Å². The Morgan fingerprint density at radius 1 is 1.44 bits per heavy atom. The van der Waals surface area contributed by atoms with Gasteiger partial charge in [0.25, 0.3) is 0 Å². The SMILES string of the molecule is CCC1OCCC1C(O)C1=CCCCCC1. The van der Waals surface area contributed by atoms with Crippen LogP contribution in [0.15, 0.2) is 11.6 Å².